The standard InChI is InChI=1S/C23H25N9O7S3.ClH/c1-5-6-31-22(27-29-30-31)42-9-11-8-40-19-15(18(35)32(19)16(11)20(36)37)26-17(34)14(12-10-41-21(24)25-12)28-38-7-13(33)39-23(2,3)4;/h1,10,15,19H,6-9H2,2-4H3,(H2,24,25)(H,26,34)(H,36,37);1H/t15?,19-;/m1./s1. The van der Waals surface area contributed by atoms with Crippen LogP contribution in [0.15, 0.2) is 27.0 Å². The van der Waals surface area contributed by atoms with Crippen molar-refractivity contribution in [2.75, 3.05) is 23.8 Å². The number of carboxylic acid groups (broad SMARTS) is 1. The number of anilines is 1. The number of hydrogen-bond donors (Lipinski definition) is 3. The maximum atomic E-state index is 13.2. The molecule has 2 aliphatic heterocycles. The molecule has 0 saturated carbocycles. The molecule has 0 bridgehead atoms. The fourth-order valence-electron chi connectivity index (χ4n) is 3.76. The van der Waals surface area contributed by atoms with Gasteiger partial charge in [-0.15, -0.1) is 47.0 Å². The van der Waals surface area contributed by atoms with E-state index >= 15 is 0 Å². The largest absolute Gasteiger partial charge is 0.477 e. The number of oxime groups is 1. The number of thioether (sulfide) groups is 2. The topological polar surface area (TPSA) is 217 Å². The molecule has 2 amide bonds. The zero-order valence-electron chi connectivity index (χ0n) is 22.9. The summed E-state index contributed by atoms with van der Waals surface area (Å²) in [5.74, 6) is -0.539. The summed E-state index contributed by atoms with van der Waals surface area (Å²) < 4.78 is 6.55. The van der Waals surface area contributed by atoms with Crippen LogP contribution in [0.2, 0.25) is 0 Å². The highest BCUT2D eigenvalue weighted by Gasteiger charge is 2.54. The second-order valence-electron chi connectivity index (χ2n) is 9.60. The van der Waals surface area contributed by atoms with E-state index in [1.165, 1.54) is 33.6 Å². The third-order valence-electron chi connectivity index (χ3n) is 5.39. The third-order valence-corrected chi connectivity index (χ3v) is 8.45. The van der Waals surface area contributed by atoms with Crippen LogP contribution in [0.1, 0.15) is 26.5 Å². The number of β-lactam (4-membered cyclic amide) rings is 1. The first kappa shape index (κ1) is 33.6. The molecule has 16 nitrogen and oxygen atoms in total. The number of halogens is 1. The summed E-state index contributed by atoms with van der Waals surface area (Å²) in [6.07, 6.45) is 5.32. The number of ether oxygens (including phenoxy) is 1. The molecule has 20 heteroatoms. The molecule has 4 heterocycles. The number of aliphatic carboxylic acids is 1. The number of thiazole rings is 1. The Labute approximate surface area is 263 Å². The number of hydrogen-bond acceptors (Lipinski definition) is 15. The van der Waals surface area contributed by atoms with Crippen molar-refractivity contribution in [2.45, 2.75) is 49.5 Å². The monoisotopic (exact) mass is 671 g/mol. The first-order valence-electron chi connectivity index (χ1n) is 12.1. The summed E-state index contributed by atoms with van der Waals surface area (Å²) >= 11 is 3.52. The number of amides is 2. The van der Waals surface area contributed by atoms with Crippen molar-refractivity contribution in [1.82, 2.24) is 35.4 Å². The van der Waals surface area contributed by atoms with E-state index in [2.05, 4.69) is 36.9 Å². The minimum Gasteiger partial charge on any atom is -0.477 e. The fraction of sp³-hybridized carbons (Fsp3) is 0.435. The summed E-state index contributed by atoms with van der Waals surface area (Å²) in [6, 6.07) is -1.05. The average molecular weight is 672 g/mol. The van der Waals surface area contributed by atoms with Gasteiger partial charge >= 0.3 is 11.9 Å². The van der Waals surface area contributed by atoms with Gasteiger partial charge in [0.25, 0.3) is 11.8 Å². The summed E-state index contributed by atoms with van der Waals surface area (Å²) in [6.45, 7) is 4.63. The van der Waals surface area contributed by atoms with Crippen molar-refractivity contribution in [3.05, 3.63) is 22.3 Å². The fourth-order valence-corrected chi connectivity index (χ4v) is 6.67. The van der Waals surface area contributed by atoms with E-state index in [-0.39, 0.29) is 52.7 Å². The van der Waals surface area contributed by atoms with Gasteiger partial charge in [-0.25, -0.2) is 19.3 Å². The second-order valence-corrected chi connectivity index (χ2v) is 12.5. The zero-order chi connectivity index (χ0) is 30.6. The molecule has 0 aromatic carbocycles. The van der Waals surface area contributed by atoms with Crippen molar-refractivity contribution in [3.8, 4) is 12.3 Å². The number of fused-ring (bicyclic) bond motifs is 1. The molecule has 2 aromatic rings. The van der Waals surface area contributed by atoms with E-state index in [9.17, 15) is 24.3 Å². The van der Waals surface area contributed by atoms with Crippen molar-refractivity contribution < 1.29 is 33.9 Å². The number of esters is 1. The smallest absolute Gasteiger partial charge is 0.352 e. The first-order chi connectivity index (χ1) is 19.9. The Balaban J connectivity index is 0.00000506. The van der Waals surface area contributed by atoms with Crippen LogP contribution in [0, 0.1) is 12.3 Å². The van der Waals surface area contributed by atoms with Gasteiger partial charge in [-0.3, -0.25) is 14.5 Å². The molecule has 2 atom stereocenters. The lowest BCUT2D eigenvalue weighted by atomic mass is 10.0. The third kappa shape index (κ3) is 7.95. The SMILES string of the molecule is C#CCn1nnnc1SCC1=C(C(=O)O)N2C(=O)C(NC(=O)C(=NOCC(=O)OC(C)(C)C)c3csc(N)n3)[C@H]2SC1.Cl. The van der Waals surface area contributed by atoms with Gasteiger partial charge in [-0.05, 0) is 36.8 Å². The van der Waals surface area contributed by atoms with E-state index in [1.54, 1.807) is 20.8 Å². The summed E-state index contributed by atoms with van der Waals surface area (Å²) in [5, 5.41) is 28.9. The van der Waals surface area contributed by atoms with E-state index in [0.29, 0.717) is 10.7 Å². The molecule has 2 aromatic heterocycles. The summed E-state index contributed by atoms with van der Waals surface area (Å²) in [7, 11) is 0. The van der Waals surface area contributed by atoms with Crippen molar-refractivity contribution in [2.24, 2.45) is 5.16 Å². The summed E-state index contributed by atoms with van der Waals surface area (Å²) in [4.78, 5) is 60.8. The molecular formula is C23H26ClN9O7S3. The summed E-state index contributed by atoms with van der Waals surface area (Å²) in [5.41, 5.74) is 5.02. The number of aromatic nitrogens is 5. The van der Waals surface area contributed by atoms with Crippen LogP contribution in [0.5, 0.6) is 0 Å². The molecule has 4 rings (SSSR count). The Bertz CT molecular complexity index is 1510. The molecule has 0 aliphatic carbocycles. The molecule has 43 heavy (non-hydrogen) atoms. The normalized spacial score (nSPS) is 18.1. The van der Waals surface area contributed by atoms with Crippen LogP contribution >= 0.6 is 47.3 Å². The van der Waals surface area contributed by atoms with Crippen molar-refractivity contribution in [1.29, 1.82) is 0 Å². The van der Waals surface area contributed by atoms with Gasteiger partial charge in [0, 0.05) is 16.9 Å². The Morgan fingerprint density at radius 1 is 1.37 bits per heavy atom. The van der Waals surface area contributed by atoms with Gasteiger partial charge in [0.15, 0.2) is 10.8 Å². The van der Waals surface area contributed by atoms with Gasteiger partial charge in [0.05, 0.1) is 0 Å². The highest BCUT2D eigenvalue weighted by molar-refractivity contribution is 8.01. The number of carboxylic acids is 1. The maximum absolute atomic E-state index is 13.2. The first-order valence-corrected chi connectivity index (χ1v) is 15.0. The molecule has 1 unspecified atom stereocenters. The van der Waals surface area contributed by atoms with Gasteiger partial charge in [0.1, 0.15) is 35.0 Å². The number of carbonyl (C=O) groups excluding carboxylic acids is 3. The average Bonchev–Trinajstić information content (AvgIpc) is 3.55. The van der Waals surface area contributed by atoms with Crippen LogP contribution in [0.4, 0.5) is 5.13 Å². The van der Waals surface area contributed by atoms with E-state index < -0.39 is 47.4 Å². The number of nitrogens with two attached hydrogens (primary N) is 1. The Morgan fingerprint density at radius 2 is 2.12 bits per heavy atom. The number of carbonyl (C=O) groups is 4. The number of rotatable bonds is 11. The maximum Gasteiger partial charge on any atom is 0.352 e. The molecule has 230 valence electrons. The molecule has 0 spiro atoms. The Hall–Kier alpha value is -3.86. The molecular weight excluding hydrogens is 646 g/mol. The molecule has 1 saturated heterocycles. The van der Waals surface area contributed by atoms with Crippen molar-refractivity contribution >= 4 is 81.9 Å². The van der Waals surface area contributed by atoms with E-state index in [1.807, 2.05) is 0 Å². The van der Waals surface area contributed by atoms with Gasteiger partial charge in [-0.2, -0.15) is 0 Å². The minimum atomic E-state index is -1.28. The van der Waals surface area contributed by atoms with Gasteiger partial charge < -0.3 is 25.7 Å². The lowest BCUT2D eigenvalue weighted by Gasteiger charge is -2.49. The van der Waals surface area contributed by atoms with Crippen LogP contribution in [-0.2, 0) is 35.3 Å². The van der Waals surface area contributed by atoms with Crippen molar-refractivity contribution in [3.63, 3.8) is 0 Å². The highest BCUT2D eigenvalue weighted by Crippen LogP contribution is 2.41. The lowest BCUT2D eigenvalue weighted by Crippen LogP contribution is -2.71. The Morgan fingerprint density at radius 3 is 2.74 bits per heavy atom. The van der Waals surface area contributed by atoms with E-state index in [0.717, 1.165) is 16.2 Å². The van der Waals surface area contributed by atoms with Gasteiger partial charge in [-0.1, -0.05) is 22.8 Å². The quantitative estimate of drug-likeness (QED) is 0.0734. The Kier molecular flexibility index (Phi) is 11.0. The molecule has 0 radical (unpaired) electrons. The predicted molar refractivity (Wildman–Crippen MR) is 159 cm³/mol. The second kappa shape index (κ2) is 14.1. The molecule has 1 fully saturated rings. The molecule has 4 N–H and O–H groups in total. The minimum absolute atomic E-state index is 0. The number of nitrogen functional groups attached to an aromatic ring is 1. The lowest BCUT2D eigenvalue weighted by molar-refractivity contribution is -0.160. The number of nitrogens with zero attached hydrogens (tertiary/aromatic N) is 7. The van der Waals surface area contributed by atoms with E-state index in [4.69, 9.17) is 21.7 Å². The van der Waals surface area contributed by atoms with Crippen LogP contribution in [0.3, 0.4) is 0 Å². The van der Waals surface area contributed by atoms with Crippen LogP contribution in [0.25, 0.3) is 0 Å². The van der Waals surface area contributed by atoms with Crippen LogP contribution in [-0.4, -0.2) is 99.8 Å². The predicted octanol–water partition coefficient (Wildman–Crippen LogP) is 0.360. The highest BCUT2D eigenvalue weighted by atomic mass is 35.5. The van der Waals surface area contributed by atoms with Crippen LogP contribution < -0.4 is 11.1 Å². The zero-order valence-corrected chi connectivity index (χ0v) is 26.1. The molecule has 2 aliphatic rings. The number of terminal acetylenes is 1. The number of nitrogens with one attached hydrogen (secondary N) is 1. The number of tetrazole rings is 1. The van der Waals surface area contributed by atoms with Gasteiger partial charge in [0.2, 0.25) is 11.8 Å².